The van der Waals surface area contributed by atoms with Crippen LogP contribution in [-0.2, 0) is 4.79 Å². The molecule has 0 unspecified atom stereocenters. The van der Waals surface area contributed by atoms with Crippen LogP contribution in [0.1, 0.15) is 0 Å². The minimum absolute atomic E-state index is 0.239. The zero-order chi connectivity index (χ0) is 13.9. The number of nitrogens with one attached hydrogen (secondary N) is 2. The number of carbonyl (C=O) groups is 1. The van der Waals surface area contributed by atoms with Crippen molar-refractivity contribution in [2.75, 3.05) is 5.32 Å². The van der Waals surface area contributed by atoms with E-state index in [1.54, 1.807) is 0 Å². The SMILES string of the molecule is C=CC(=O)Nc1cccc(-c2ncnc3[nH]ccc23)c1. The quantitative estimate of drug-likeness (QED) is 0.714. The zero-order valence-electron chi connectivity index (χ0n) is 10.6. The van der Waals surface area contributed by atoms with E-state index in [1.807, 2.05) is 36.5 Å². The van der Waals surface area contributed by atoms with Crippen LogP contribution < -0.4 is 5.32 Å². The van der Waals surface area contributed by atoms with E-state index in [0.717, 1.165) is 22.3 Å². The maximum atomic E-state index is 11.3. The van der Waals surface area contributed by atoms with Crippen molar-refractivity contribution >= 4 is 22.6 Å². The van der Waals surface area contributed by atoms with Crippen molar-refractivity contribution in [3.8, 4) is 11.3 Å². The third-order valence-corrected chi connectivity index (χ3v) is 2.94. The molecule has 0 saturated heterocycles. The molecule has 5 nitrogen and oxygen atoms in total. The molecule has 0 aliphatic heterocycles. The van der Waals surface area contributed by atoms with Gasteiger partial charge in [-0.05, 0) is 24.3 Å². The maximum Gasteiger partial charge on any atom is 0.247 e. The molecule has 98 valence electrons. The number of aromatic amines is 1. The van der Waals surface area contributed by atoms with E-state index in [1.165, 1.54) is 12.4 Å². The molecule has 1 amide bonds. The molecular weight excluding hydrogens is 252 g/mol. The number of benzene rings is 1. The summed E-state index contributed by atoms with van der Waals surface area (Å²) < 4.78 is 0. The predicted molar refractivity (Wildman–Crippen MR) is 78.2 cm³/mol. The molecule has 0 bridgehead atoms. The summed E-state index contributed by atoms with van der Waals surface area (Å²) in [4.78, 5) is 22.9. The van der Waals surface area contributed by atoms with Crippen molar-refractivity contribution in [2.24, 2.45) is 0 Å². The van der Waals surface area contributed by atoms with Gasteiger partial charge < -0.3 is 10.3 Å². The third-order valence-electron chi connectivity index (χ3n) is 2.94. The molecule has 1 aromatic carbocycles. The van der Waals surface area contributed by atoms with Crippen molar-refractivity contribution in [2.45, 2.75) is 0 Å². The lowest BCUT2D eigenvalue weighted by atomic mass is 10.1. The summed E-state index contributed by atoms with van der Waals surface area (Å²) in [5, 5.41) is 3.68. The minimum Gasteiger partial charge on any atom is -0.346 e. The highest BCUT2D eigenvalue weighted by molar-refractivity contribution is 5.99. The number of hydrogen-bond acceptors (Lipinski definition) is 3. The molecule has 2 aromatic heterocycles. The van der Waals surface area contributed by atoms with Crippen LogP contribution in [-0.4, -0.2) is 20.9 Å². The van der Waals surface area contributed by atoms with Gasteiger partial charge in [0.1, 0.15) is 12.0 Å². The topological polar surface area (TPSA) is 70.7 Å². The number of aromatic nitrogens is 3. The van der Waals surface area contributed by atoms with E-state index in [4.69, 9.17) is 0 Å². The van der Waals surface area contributed by atoms with E-state index in [-0.39, 0.29) is 5.91 Å². The van der Waals surface area contributed by atoms with Gasteiger partial charge >= 0.3 is 0 Å². The Hall–Kier alpha value is -2.95. The second-order valence-corrected chi connectivity index (χ2v) is 4.24. The number of carbonyl (C=O) groups excluding carboxylic acids is 1. The summed E-state index contributed by atoms with van der Waals surface area (Å²) in [5.74, 6) is -0.239. The summed E-state index contributed by atoms with van der Waals surface area (Å²) in [6, 6.07) is 9.43. The van der Waals surface area contributed by atoms with Crippen molar-refractivity contribution in [1.29, 1.82) is 0 Å². The van der Waals surface area contributed by atoms with Crippen LogP contribution in [0.4, 0.5) is 5.69 Å². The van der Waals surface area contributed by atoms with Crippen LogP contribution in [0.2, 0.25) is 0 Å². The van der Waals surface area contributed by atoms with Gasteiger partial charge in [-0.2, -0.15) is 0 Å². The standard InChI is InChI=1S/C15H12N4O/c1-2-13(20)19-11-5-3-4-10(8-11)14-12-6-7-16-15(12)18-9-17-14/h2-9H,1H2,(H,19,20)(H,16,17,18). The number of anilines is 1. The summed E-state index contributed by atoms with van der Waals surface area (Å²) in [5.41, 5.74) is 3.23. The Morgan fingerprint density at radius 1 is 1.30 bits per heavy atom. The number of fused-ring (bicyclic) bond motifs is 1. The maximum absolute atomic E-state index is 11.3. The number of hydrogen-bond donors (Lipinski definition) is 2. The Bertz CT molecular complexity index is 791. The van der Waals surface area contributed by atoms with Crippen molar-refractivity contribution in [3.05, 3.63) is 55.5 Å². The van der Waals surface area contributed by atoms with Gasteiger partial charge in [0.25, 0.3) is 0 Å². The second kappa shape index (κ2) is 4.97. The van der Waals surface area contributed by atoms with Gasteiger partial charge in [-0.15, -0.1) is 0 Å². The highest BCUT2D eigenvalue weighted by atomic mass is 16.1. The molecule has 0 spiro atoms. The van der Waals surface area contributed by atoms with E-state index in [2.05, 4.69) is 26.8 Å². The normalized spacial score (nSPS) is 10.4. The molecule has 2 N–H and O–H groups in total. The molecule has 20 heavy (non-hydrogen) atoms. The minimum atomic E-state index is -0.239. The molecule has 0 aliphatic carbocycles. The Labute approximate surface area is 115 Å². The lowest BCUT2D eigenvalue weighted by Crippen LogP contribution is -2.07. The molecule has 3 rings (SSSR count). The molecule has 0 atom stereocenters. The second-order valence-electron chi connectivity index (χ2n) is 4.24. The van der Waals surface area contributed by atoms with Crippen LogP contribution in [0.25, 0.3) is 22.3 Å². The van der Waals surface area contributed by atoms with Crippen LogP contribution >= 0.6 is 0 Å². The summed E-state index contributed by atoms with van der Waals surface area (Å²) >= 11 is 0. The molecule has 0 saturated carbocycles. The van der Waals surface area contributed by atoms with Crippen LogP contribution in [0.3, 0.4) is 0 Å². The van der Waals surface area contributed by atoms with Gasteiger partial charge in [-0.25, -0.2) is 9.97 Å². The Morgan fingerprint density at radius 2 is 2.20 bits per heavy atom. The number of nitrogens with zero attached hydrogens (tertiary/aromatic N) is 2. The van der Waals surface area contributed by atoms with E-state index in [0.29, 0.717) is 5.69 Å². The van der Waals surface area contributed by atoms with Crippen LogP contribution in [0, 0.1) is 0 Å². The van der Waals surface area contributed by atoms with E-state index < -0.39 is 0 Å². The molecular formula is C15H12N4O. The lowest BCUT2D eigenvalue weighted by molar-refractivity contribution is -0.111. The lowest BCUT2D eigenvalue weighted by Gasteiger charge is -2.06. The third kappa shape index (κ3) is 2.16. The number of H-pyrrole nitrogens is 1. The predicted octanol–water partition coefficient (Wildman–Crippen LogP) is 2.75. The average molecular weight is 264 g/mol. The smallest absolute Gasteiger partial charge is 0.247 e. The molecule has 0 aliphatic rings. The summed E-state index contributed by atoms with van der Waals surface area (Å²) in [6.45, 7) is 3.43. The fraction of sp³-hybridized carbons (Fsp3) is 0. The molecule has 2 heterocycles. The van der Waals surface area contributed by atoms with Crippen molar-refractivity contribution < 1.29 is 4.79 Å². The summed E-state index contributed by atoms with van der Waals surface area (Å²) in [7, 11) is 0. The van der Waals surface area contributed by atoms with Gasteiger partial charge in [0.05, 0.1) is 5.69 Å². The fourth-order valence-electron chi connectivity index (χ4n) is 2.04. The van der Waals surface area contributed by atoms with Gasteiger partial charge in [-0.1, -0.05) is 18.7 Å². The van der Waals surface area contributed by atoms with Gasteiger partial charge in [0.2, 0.25) is 5.91 Å². The molecule has 3 aromatic rings. The average Bonchev–Trinajstić information content (AvgIpc) is 2.95. The van der Waals surface area contributed by atoms with Crippen LogP contribution in [0.15, 0.2) is 55.5 Å². The monoisotopic (exact) mass is 264 g/mol. The fourth-order valence-corrected chi connectivity index (χ4v) is 2.04. The Balaban J connectivity index is 2.06. The van der Waals surface area contributed by atoms with Gasteiger partial charge in [0, 0.05) is 22.8 Å². The molecule has 0 fully saturated rings. The largest absolute Gasteiger partial charge is 0.346 e. The van der Waals surface area contributed by atoms with E-state index >= 15 is 0 Å². The number of amides is 1. The molecule has 0 radical (unpaired) electrons. The van der Waals surface area contributed by atoms with Gasteiger partial charge in [-0.3, -0.25) is 4.79 Å². The molecule has 5 heteroatoms. The first-order valence-electron chi connectivity index (χ1n) is 6.10. The van der Waals surface area contributed by atoms with E-state index in [9.17, 15) is 4.79 Å². The summed E-state index contributed by atoms with van der Waals surface area (Å²) in [6.07, 6.45) is 4.58. The van der Waals surface area contributed by atoms with Crippen LogP contribution in [0.5, 0.6) is 0 Å². The first kappa shape index (κ1) is 12.1. The first-order chi connectivity index (χ1) is 9.78. The highest BCUT2D eigenvalue weighted by Gasteiger charge is 2.08. The number of rotatable bonds is 3. The first-order valence-corrected chi connectivity index (χ1v) is 6.10. The van der Waals surface area contributed by atoms with Crippen molar-refractivity contribution in [1.82, 2.24) is 15.0 Å². The van der Waals surface area contributed by atoms with Crippen molar-refractivity contribution in [3.63, 3.8) is 0 Å². The Kier molecular flexibility index (Phi) is 3.01. The van der Waals surface area contributed by atoms with Gasteiger partial charge in [0.15, 0.2) is 0 Å². The highest BCUT2D eigenvalue weighted by Crippen LogP contribution is 2.26. The zero-order valence-corrected chi connectivity index (χ0v) is 10.6. The Morgan fingerprint density at radius 3 is 3.05 bits per heavy atom.